The molecule has 2 fully saturated rings. The molecule has 4 atom stereocenters. The highest BCUT2D eigenvalue weighted by Gasteiger charge is 2.43. The van der Waals surface area contributed by atoms with Gasteiger partial charge in [0.15, 0.2) is 0 Å². The van der Waals surface area contributed by atoms with E-state index >= 15 is 0 Å². The van der Waals surface area contributed by atoms with Crippen molar-refractivity contribution in [2.24, 2.45) is 17.8 Å². The molecule has 0 radical (unpaired) electrons. The molecule has 3 heteroatoms. The monoisotopic (exact) mass is 297 g/mol. The van der Waals surface area contributed by atoms with E-state index in [2.05, 4.69) is 18.3 Å². The molecule has 2 bridgehead atoms. The molecule has 0 aliphatic heterocycles. The van der Waals surface area contributed by atoms with E-state index in [9.17, 15) is 0 Å². The summed E-state index contributed by atoms with van der Waals surface area (Å²) in [5.74, 6) is 2.65. The minimum atomic E-state index is 0.440. The Morgan fingerprint density at radius 3 is 2.63 bits per heavy atom. The van der Waals surface area contributed by atoms with Gasteiger partial charge < -0.3 is 5.32 Å². The van der Waals surface area contributed by atoms with Crippen LogP contribution in [0.5, 0.6) is 0 Å². The van der Waals surface area contributed by atoms with Crippen molar-refractivity contribution >= 4 is 23.2 Å². The summed E-state index contributed by atoms with van der Waals surface area (Å²) < 4.78 is 0. The second-order valence-electron chi connectivity index (χ2n) is 6.05. The summed E-state index contributed by atoms with van der Waals surface area (Å²) in [5.41, 5.74) is 1.30. The summed E-state index contributed by atoms with van der Waals surface area (Å²) in [6, 6.07) is 6.54. The van der Waals surface area contributed by atoms with Crippen LogP contribution in [0.1, 0.15) is 44.2 Å². The van der Waals surface area contributed by atoms with Crippen molar-refractivity contribution in [1.82, 2.24) is 5.32 Å². The van der Waals surface area contributed by atoms with Crippen molar-refractivity contribution in [2.75, 3.05) is 6.54 Å². The van der Waals surface area contributed by atoms with E-state index in [4.69, 9.17) is 23.2 Å². The van der Waals surface area contributed by atoms with Gasteiger partial charge in [-0.05, 0) is 61.3 Å². The number of nitrogens with one attached hydrogen (secondary N) is 1. The fourth-order valence-electron chi connectivity index (χ4n) is 4.14. The molecule has 0 aromatic heterocycles. The average Bonchev–Trinajstić information content (AvgIpc) is 3.02. The summed E-state index contributed by atoms with van der Waals surface area (Å²) in [4.78, 5) is 0. The largest absolute Gasteiger partial charge is 0.310 e. The summed E-state index contributed by atoms with van der Waals surface area (Å²) in [6.07, 6.45) is 5.68. The van der Waals surface area contributed by atoms with Gasteiger partial charge in [-0.2, -0.15) is 0 Å². The molecule has 3 rings (SSSR count). The van der Waals surface area contributed by atoms with Gasteiger partial charge in [0.1, 0.15) is 0 Å². The Kier molecular flexibility index (Phi) is 4.07. The van der Waals surface area contributed by atoms with Crippen LogP contribution in [0.2, 0.25) is 10.0 Å². The summed E-state index contributed by atoms with van der Waals surface area (Å²) in [5, 5.41) is 4.99. The Morgan fingerprint density at radius 2 is 2.05 bits per heavy atom. The molecule has 1 aromatic carbocycles. The highest BCUT2D eigenvalue weighted by Crippen LogP contribution is 2.52. The van der Waals surface area contributed by atoms with Gasteiger partial charge in [0.25, 0.3) is 0 Å². The van der Waals surface area contributed by atoms with Gasteiger partial charge in [-0.1, -0.05) is 42.6 Å². The molecular formula is C16H21Cl2N. The van der Waals surface area contributed by atoms with Gasteiger partial charge in [-0.25, -0.2) is 0 Å². The van der Waals surface area contributed by atoms with Crippen LogP contribution >= 0.6 is 23.2 Å². The fourth-order valence-corrected chi connectivity index (χ4v) is 4.45. The van der Waals surface area contributed by atoms with E-state index in [1.54, 1.807) is 0 Å². The van der Waals surface area contributed by atoms with E-state index in [1.165, 1.54) is 31.2 Å². The standard InChI is InChI=1S/C16H21Cl2N/c1-2-19-16(12-5-6-14(17)15(18)9-12)13-8-10-3-4-11(13)7-10/h5-6,9-11,13,16,19H,2-4,7-8H2,1H3. The second-order valence-corrected chi connectivity index (χ2v) is 6.86. The zero-order valence-electron chi connectivity index (χ0n) is 11.3. The molecule has 1 N–H and O–H groups in total. The number of fused-ring (bicyclic) bond motifs is 2. The smallest absolute Gasteiger partial charge is 0.0595 e. The summed E-state index contributed by atoms with van der Waals surface area (Å²) >= 11 is 12.2. The number of rotatable bonds is 4. The lowest BCUT2D eigenvalue weighted by molar-refractivity contribution is 0.253. The van der Waals surface area contributed by atoms with Gasteiger partial charge >= 0.3 is 0 Å². The van der Waals surface area contributed by atoms with Crippen molar-refractivity contribution in [3.05, 3.63) is 33.8 Å². The van der Waals surface area contributed by atoms with Crippen LogP contribution < -0.4 is 5.32 Å². The highest BCUT2D eigenvalue weighted by molar-refractivity contribution is 6.42. The number of halogens is 2. The maximum Gasteiger partial charge on any atom is 0.0595 e. The molecule has 0 heterocycles. The maximum absolute atomic E-state index is 6.18. The van der Waals surface area contributed by atoms with Crippen LogP contribution in [0.25, 0.3) is 0 Å². The van der Waals surface area contributed by atoms with Gasteiger partial charge in [0, 0.05) is 6.04 Å². The van der Waals surface area contributed by atoms with Gasteiger partial charge in [-0.3, -0.25) is 0 Å². The van der Waals surface area contributed by atoms with Crippen molar-refractivity contribution in [2.45, 2.75) is 38.6 Å². The zero-order chi connectivity index (χ0) is 13.4. The predicted octanol–water partition coefficient (Wildman–Crippen LogP) is 5.08. The van der Waals surface area contributed by atoms with E-state index in [0.717, 1.165) is 24.3 Å². The summed E-state index contributed by atoms with van der Waals surface area (Å²) in [7, 11) is 0. The normalized spacial score (nSPS) is 30.8. The molecule has 1 nitrogen and oxygen atoms in total. The van der Waals surface area contributed by atoms with Crippen molar-refractivity contribution < 1.29 is 0 Å². The fraction of sp³-hybridized carbons (Fsp3) is 0.625. The van der Waals surface area contributed by atoms with Crippen LogP contribution in [0.4, 0.5) is 0 Å². The van der Waals surface area contributed by atoms with Crippen LogP contribution in [0.3, 0.4) is 0 Å². The maximum atomic E-state index is 6.18. The Labute approximate surface area is 125 Å². The molecule has 2 aliphatic rings. The Hall–Kier alpha value is -0.240. The van der Waals surface area contributed by atoms with Gasteiger partial charge in [-0.15, -0.1) is 0 Å². The third kappa shape index (κ3) is 2.66. The Morgan fingerprint density at radius 1 is 1.21 bits per heavy atom. The molecule has 0 saturated heterocycles. The van der Waals surface area contributed by atoms with Gasteiger partial charge in [0.05, 0.1) is 10.0 Å². The topological polar surface area (TPSA) is 12.0 Å². The molecule has 19 heavy (non-hydrogen) atoms. The van der Waals surface area contributed by atoms with Crippen molar-refractivity contribution in [3.8, 4) is 0 Å². The van der Waals surface area contributed by atoms with Crippen LogP contribution in [-0.4, -0.2) is 6.54 Å². The van der Waals surface area contributed by atoms with Crippen LogP contribution in [-0.2, 0) is 0 Å². The minimum Gasteiger partial charge on any atom is -0.310 e. The van der Waals surface area contributed by atoms with Crippen molar-refractivity contribution in [3.63, 3.8) is 0 Å². The number of hydrogen-bond donors (Lipinski definition) is 1. The predicted molar refractivity (Wildman–Crippen MR) is 81.8 cm³/mol. The third-order valence-electron chi connectivity index (χ3n) is 4.95. The Bertz CT molecular complexity index is 460. The van der Waals surface area contributed by atoms with E-state index < -0.39 is 0 Å². The molecule has 0 spiro atoms. The molecule has 104 valence electrons. The molecule has 0 amide bonds. The number of benzene rings is 1. The highest BCUT2D eigenvalue weighted by atomic mass is 35.5. The SMILES string of the molecule is CCNC(c1ccc(Cl)c(Cl)c1)C1CC2CCC1C2. The first-order chi connectivity index (χ1) is 9.19. The molecular weight excluding hydrogens is 277 g/mol. The van der Waals surface area contributed by atoms with E-state index in [0.29, 0.717) is 16.1 Å². The molecule has 4 unspecified atom stereocenters. The lowest BCUT2D eigenvalue weighted by Gasteiger charge is -2.31. The lowest BCUT2D eigenvalue weighted by atomic mass is 9.80. The molecule has 2 saturated carbocycles. The second kappa shape index (κ2) is 5.63. The quantitative estimate of drug-likeness (QED) is 0.817. The van der Waals surface area contributed by atoms with Gasteiger partial charge in [0.2, 0.25) is 0 Å². The zero-order valence-corrected chi connectivity index (χ0v) is 12.8. The molecule has 1 aromatic rings. The lowest BCUT2D eigenvalue weighted by Crippen LogP contribution is -2.31. The van der Waals surface area contributed by atoms with Crippen LogP contribution in [0.15, 0.2) is 18.2 Å². The number of hydrogen-bond acceptors (Lipinski definition) is 1. The van der Waals surface area contributed by atoms with E-state index in [-0.39, 0.29) is 0 Å². The third-order valence-corrected chi connectivity index (χ3v) is 5.69. The molecule has 2 aliphatic carbocycles. The van der Waals surface area contributed by atoms with E-state index in [1.807, 2.05) is 12.1 Å². The first-order valence-electron chi connectivity index (χ1n) is 7.37. The first-order valence-corrected chi connectivity index (χ1v) is 8.13. The average molecular weight is 298 g/mol. The minimum absolute atomic E-state index is 0.440. The van der Waals surface area contributed by atoms with Crippen LogP contribution in [0, 0.1) is 17.8 Å². The first kappa shape index (κ1) is 13.7. The van der Waals surface area contributed by atoms with Crippen molar-refractivity contribution in [1.29, 1.82) is 0 Å². The Balaban J connectivity index is 1.85. The summed E-state index contributed by atoms with van der Waals surface area (Å²) in [6.45, 7) is 3.18.